The van der Waals surface area contributed by atoms with Crippen molar-refractivity contribution in [3.05, 3.63) is 29.4 Å². The monoisotopic (exact) mass is 406 g/mol. The third-order valence-corrected chi connectivity index (χ3v) is 5.22. The summed E-state index contributed by atoms with van der Waals surface area (Å²) in [6.45, 7) is 10.4. The van der Waals surface area contributed by atoms with Gasteiger partial charge in [0.25, 0.3) is 0 Å². The number of halogens is 1. The second-order valence-electron chi connectivity index (χ2n) is 7.59. The zero-order valence-corrected chi connectivity index (χ0v) is 17.8. The molecule has 7 heteroatoms. The standard InChI is InChI=1S/C21H31ClN4O2/c1-16(2)6-7-23-17-4-5-20(28-13-10-26-8-11-27-12-9-26)18(14-17)21-19(22)15-24-25(21)3/h4-5,14-16,23H,6-13H2,1-3H3. The van der Waals surface area contributed by atoms with Gasteiger partial charge in [-0.1, -0.05) is 25.4 Å². The Balaban J connectivity index is 1.74. The molecule has 0 unspecified atom stereocenters. The van der Waals surface area contributed by atoms with Gasteiger partial charge in [0, 0.05) is 44.5 Å². The van der Waals surface area contributed by atoms with E-state index in [1.54, 1.807) is 10.9 Å². The molecular formula is C21H31ClN4O2. The number of anilines is 1. The van der Waals surface area contributed by atoms with E-state index in [-0.39, 0.29) is 0 Å². The Bertz CT molecular complexity index is 737. The predicted molar refractivity (Wildman–Crippen MR) is 114 cm³/mol. The van der Waals surface area contributed by atoms with E-state index in [2.05, 4.69) is 41.3 Å². The van der Waals surface area contributed by atoms with Gasteiger partial charge >= 0.3 is 0 Å². The van der Waals surface area contributed by atoms with E-state index in [9.17, 15) is 0 Å². The van der Waals surface area contributed by atoms with Gasteiger partial charge in [-0.3, -0.25) is 9.58 Å². The maximum atomic E-state index is 6.42. The molecule has 0 radical (unpaired) electrons. The largest absolute Gasteiger partial charge is 0.492 e. The maximum Gasteiger partial charge on any atom is 0.128 e. The first-order valence-electron chi connectivity index (χ1n) is 10.0. The fraction of sp³-hybridized carbons (Fsp3) is 0.571. The Hall–Kier alpha value is -1.76. The summed E-state index contributed by atoms with van der Waals surface area (Å²) >= 11 is 6.42. The van der Waals surface area contributed by atoms with Crippen LogP contribution in [0.2, 0.25) is 5.02 Å². The number of rotatable bonds is 9. The molecule has 6 nitrogen and oxygen atoms in total. The number of aryl methyl sites for hydroxylation is 1. The Morgan fingerprint density at radius 1 is 1.29 bits per heavy atom. The van der Waals surface area contributed by atoms with Crippen molar-refractivity contribution < 1.29 is 9.47 Å². The number of nitrogens with one attached hydrogen (secondary N) is 1. The van der Waals surface area contributed by atoms with E-state index >= 15 is 0 Å². The van der Waals surface area contributed by atoms with Crippen molar-refractivity contribution in [2.24, 2.45) is 13.0 Å². The van der Waals surface area contributed by atoms with Crippen molar-refractivity contribution in [1.29, 1.82) is 0 Å². The molecule has 154 valence electrons. The first-order chi connectivity index (χ1) is 13.5. The summed E-state index contributed by atoms with van der Waals surface area (Å²) in [5.74, 6) is 1.49. The zero-order chi connectivity index (χ0) is 19.9. The zero-order valence-electron chi connectivity index (χ0n) is 17.1. The third kappa shape index (κ3) is 5.63. The number of hydrogen-bond donors (Lipinski definition) is 1. The van der Waals surface area contributed by atoms with Crippen molar-refractivity contribution in [2.45, 2.75) is 20.3 Å². The lowest BCUT2D eigenvalue weighted by Crippen LogP contribution is -2.38. The van der Waals surface area contributed by atoms with Gasteiger partial charge < -0.3 is 14.8 Å². The number of morpholine rings is 1. The number of benzene rings is 1. The smallest absolute Gasteiger partial charge is 0.128 e. The van der Waals surface area contributed by atoms with E-state index in [1.807, 2.05) is 13.1 Å². The van der Waals surface area contributed by atoms with Crippen LogP contribution in [0.25, 0.3) is 11.3 Å². The summed E-state index contributed by atoms with van der Waals surface area (Å²) < 4.78 is 13.4. The minimum atomic E-state index is 0.625. The summed E-state index contributed by atoms with van der Waals surface area (Å²) in [6.07, 6.45) is 2.80. The normalized spacial score (nSPS) is 15.2. The van der Waals surface area contributed by atoms with Gasteiger partial charge in [-0.25, -0.2) is 0 Å². The Morgan fingerprint density at radius 2 is 2.07 bits per heavy atom. The van der Waals surface area contributed by atoms with Gasteiger partial charge in [-0.2, -0.15) is 5.10 Å². The molecule has 2 aromatic rings. The highest BCUT2D eigenvalue weighted by Gasteiger charge is 2.16. The van der Waals surface area contributed by atoms with Crippen LogP contribution in [-0.4, -0.2) is 60.7 Å². The van der Waals surface area contributed by atoms with Crippen LogP contribution < -0.4 is 10.1 Å². The number of ether oxygens (including phenoxy) is 2. The van der Waals surface area contributed by atoms with Gasteiger partial charge in [0.05, 0.1) is 30.1 Å². The van der Waals surface area contributed by atoms with E-state index in [0.29, 0.717) is 17.5 Å². The van der Waals surface area contributed by atoms with Gasteiger partial charge in [-0.05, 0) is 30.5 Å². The Kier molecular flexibility index (Phi) is 7.59. The van der Waals surface area contributed by atoms with Gasteiger partial charge in [0.1, 0.15) is 12.4 Å². The summed E-state index contributed by atoms with van der Waals surface area (Å²) in [5, 5.41) is 8.42. The van der Waals surface area contributed by atoms with Crippen molar-refractivity contribution in [3.63, 3.8) is 0 Å². The van der Waals surface area contributed by atoms with Crippen LogP contribution in [0.15, 0.2) is 24.4 Å². The van der Waals surface area contributed by atoms with Crippen LogP contribution in [0, 0.1) is 5.92 Å². The molecule has 28 heavy (non-hydrogen) atoms. The molecule has 1 aromatic heterocycles. The van der Waals surface area contributed by atoms with E-state index < -0.39 is 0 Å². The summed E-state index contributed by atoms with van der Waals surface area (Å²) in [7, 11) is 1.90. The molecule has 0 atom stereocenters. The first-order valence-corrected chi connectivity index (χ1v) is 10.4. The summed E-state index contributed by atoms with van der Waals surface area (Å²) in [5.41, 5.74) is 2.89. The molecule has 2 heterocycles. The van der Waals surface area contributed by atoms with Crippen LogP contribution in [-0.2, 0) is 11.8 Å². The molecule has 1 saturated heterocycles. The molecule has 0 aliphatic carbocycles. The average molecular weight is 407 g/mol. The number of nitrogens with zero attached hydrogens (tertiary/aromatic N) is 3. The van der Waals surface area contributed by atoms with Gasteiger partial charge in [0.2, 0.25) is 0 Å². The highest BCUT2D eigenvalue weighted by molar-refractivity contribution is 6.33. The molecule has 1 aromatic carbocycles. The quantitative estimate of drug-likeness (QED) is 0.684. The van der Waals surface area contributed by atoms with Crippen LogP contribution in [0.4, 0.5) is 5.69 Å². The third-order valence-electron chi connectivity index (χ3n) is 4.95. The molecule has 1 aliphatic rings. The molecule has 3 rings (SSSR count). The minimum absolute atomic E-state index is 0.625. The van der Waals surface area contributed by atoms with E-state index in [1.165, 1.54) is 0 Å². The lowest BCUT2D eigenvalue weighted by molar-refractivity contribution is 0.0323. The van der Waals surface area contributed by atoms with Gasteiger partial charge in [0.15, 0.2) is 0 Å². The average Bonchev–Trinajstić information content (AvgIpc) is 3.01. The van der Waals surface area contributed by atoms with Crippen molar-refractivity contribution in [3.8, 4) is 17.0 Å². The SMILES string of the molecule is CC(C)CCNc1ccc(OCCN2CCOCC2)c(-c2c(Cl)cnn2C)c1. The molecule has 0 amide bonds. The highest BCUT2D eigenvalue weighted by atomic mass is 35.5. The molecular weight excluding hydrogens is 376 g/mol. The van der Waals surface area contributed by atoms with Crippen molar-refractivity contribution in [2.75, 3.05) is 51.3 Å². The highest BCUT2D eigenvalue weighted by Crippen LogP contribution is 2.36. The topological polar surface area (TPSA) is 51.6 Å². The molecule has 0 saturated carbocycles. The second-order valence-corrected chi connectivity index (χ2v) is 7.99. The first kappa shape index (κ1) is 21.0. The molecule has 0 bridgehead atoms. The van der Waals surface area contributed by atoms with Crippen molar-refractivity contribution >= 4 is 17.3 Å². The predicted octanol–water partition coefficient (Wildman–Crippen LogP) is 3.91. The lowest BCUT2D eigenvalue weighted by Gasteiger charge is -2.26. The van der Waals surface area contributed by atoms with E-state index in [0.717, 1.165) is 68.5 Å². The molecule has 1 aliphatic heterocycles. The summed E-state index contributed by atoms with van der Waals surface area (Å²) in [6, 6.07) is 6.20. The number of aromatic nitrogens is 2. The molecule has 0 spiro atoms. The van der Waals surface area contributed by atoms with Crippen LogP contribution in [0.5, 0.6) is 5.75 Å². The van der Waals surface area contributed by atoms with Crippen LogP contribution >= 0.6 is 11.6 Å². The summed E-state index contributed by atoms with van der Waals surface area (Å²) in [4.78, 5) is 2.36. The Labute approximate surface area is 172 Å². The minimum Gasteiger partial charge on any atom is -0.492 e. The molecule has 1 N–H and O–H groups in total. The maximum absolute atomic E-state index is 6.42. The fourth-order valence-electron chi connectivity index (χ4n) is 3.28. The van der Waals surface area contributed by atoms with Crippen LogP contribution in [0.3, 0.4) is 0 Å². The lowest BCUT2D eigenvalue weighted by atomic mass is 10.1. The fourth-order valence-corrected chi connectivity index (χ4v) is 3.55. The Morgan fingerprint density at radius 3 is 2.75 bits per heavy atom. The van der Waals surface area contributed by atoms with Gasteiger partial charge in [-0.15, -0.1) is 0 Å². The second kappa shape index (κ2) is 10.1. The number of hydrogen-bond acceptors (Lipinski definition) is 5. The van der Waals surface area contributed by atoms with Crippen LogP contribution in [0.1, 0.15) is 20.3 Å². The van der Waals surface area contributed by atoms with E-state index in [4.69, 9.17) is 21.1 Å². The molecule has 1 fully saturated rings. The van der Waals surface area contributed by atoms with Crippen molar-refractivity contribution in [1.82, 2.24) is 14.7 Å².